The minimum absolute atomic E-state index is 0.0632. The van der Waals surface area contributed by atoms with Crippen molar-refractivity contribution in [2.75, 3.05) is 29.2 Å². The predicted octanol–water partition coefficient (Wildman–Crippen LogP) is 2.58. The van der Waals surface area contributed by atoms with Crippen LogP contribution in [-0.2, 0) is 9.84 Å². The zero-order valence-corrected chi connectivity index (χ0v) is 14.5. The third-order valence-electron chi connectivity index (χ3n) is 3.23. The summed E-state index contributed by atoms with van der Waals surface area (Å²) in [5.74, 6) is 1.33. The van der Waals surface area contributed by atoms with Crippen LogP contribution in [0.25, 0.3) is 0 Å². The lowest BCUT2D eigenvalue weighted by Gasteiger charge is -2.36. The molecule has 7 heteroatoms. The van der Waals surface area contributed by atoms with Crippen LogP contribution in [0.1, 0.15) is 17.3 Å². The van der Waals surface area contributed by atoms with Gasteiger partial charge in [-0.2, -0.15) is 11.8 Å². The first-order valence-electron chi connectivity index (χ1n) is 6.14. The van der Waals surface area contributed by atoms with Crippen LogP contribution < -0.4 is 4.90 Å². The maximum absolute atomic E-state index is 12.0. The van der Waals surface area contributed by atoms with Crippen molar-refractivity contribution < 1.29 is 13.2 Å². The molecule has 1 unspecified atom stereocenters. The van der Waals surface area contributed by atoms with E-state index in [2.05, 4.69) is 15.9 Å². The molecule has 1 aliphatic heterocycles. The standard InChI is InChI=1S/C13H16BrNO3S2/c1-9(16)11-7-10(14)3-4-12(11)15-5-6-19-8-13(15)20(2,17)18/h3-4,7,13H,5-6,8H2,1-2H3. The van der Waals surface area contributed by atoms with Crippen LogP contribution in [0.4, 0.5) is 5.69 Å². The van der Waals surface area contributed by atoms with Crippen LogP contribution in [0.15, 0.2) is 22.7 Å². The van der Waals surface area contributed by atoms with E-state index in [0.29, 0.717) is 23.5 Å². The first-order chi connectivity index (χ1) is 9.30. The number of carbonyl (C=O) groups is 1. The van der Waals surface area contributed by atoms with Crippen molar-refractivity contribution >= 4 is 49.0 Å². The van der Waals surface area contributed by atoms with E-state index in [1.165, 1.54) is 13.2 Å². The van der Waals surface area contributed by atoms with Gasteiger partial charge in [-0.3, -0.25) is 4.79 Å². The maximum atomic E-state index is 12.0. The van der Waals surface area contributed by atoms with E-state index in [1.807, 2.05) is 17.0 Å². The summed E-state index contributed by atoms with van der Waals surface area (Å²) >= 11 is 4.98. The summed E-state index contributed by atoms with van der Waals surface area (Å²) in [4.78, 5) is 13.7. The highest BCUT2D eigenvalue weighted by molar-refractivity contribution is 9.10. The summed E-state index contributed by atoms with van der Waals surface area (Å²) in [5.41, 5.74) is 1.26. The third-order valence-corrected chi connectivity index (χ3v) is 6.36. The monoisotopic (exact) mass is 377 g/mol. The summed E-state index contributed by atoms with van der Waals surface area (Å²) in [6, 6.07) is 5.40. The van der Waals surface area contributed by atoms with Gasteiger partial charge in [0.25, 0.3) is 0 Å². The maximum Gasteiger partial charge on any atom is 0.169 e. The van der Waals surface area contributed by atoms with Gasteiger partial charge in [0.1, 0.15) is 5.37 Å². The lowest BCUT2D eigenvalue weighted by molar-refractivity contribution is 0.101. The Morgan fingerprint density at radius 3 is 2.75 bits per heavy atom. The van der Waals surface area contributed by atoms with Gasteiger partial charge >= 0.3 is 0 Å². The van der Waals surface area contributed by atoms with Crippen molar-refractivity contribution in [1.82, 2.24) is 0 Å². The van der Waals surface area contributed by atoms with Crippen molar-refractivity contribution in [3.05, 3.63) is 28.2 Å². The quantitative estimate of drug-likeness (QED) is 0.757. The Hall–Kier alpha value is -0.530. The predicted molar refractivity (Wildman–Crippen MR) is 87.4 cm³/mol. The Kier molecular flexibility index (Phi) is 4.81. The molecule has 110 valence electrons. The number of rotatable bonds is 3. The molecule has 1 atom stereocenters. The zero-order chi connectivity index (χ0) is 14.9. The number of hydrogen-bond acceptors (Lipinski definition) is 5. The van der Waals surface area contributed by atoms with E-state index in [4.69, 9.17) is 0 Å². The molecular formula is C13H16BrNO3S2. The number of sulfone groups is 1. The highest BCUT2D eigenvalue weighted by atomic mass is 79.9. The number of carbonyl (C=O) groups excluding carboxylic acids is 1. The Balaban J connectivity index is 2.50. The molecule has 4 nitrogen and oxygen atoms in total. The summed E-state index contributed by atoms with van der Waals surface area (Å²) < 4.78 is 24.8. The first kappa shape index (κ1) is 15.9. The summed E-state index contributed by atoms with van der Waals surface area (Å²) in [7, 11) is -3.19. The van der Waals surface area contributed by atoms with E-state index in [0.717, 1.165) is 10.2 Å². The van der Waals surface area contributed by atoms with E-state index in [1.54, 1.807) is 17.8 Å². The van der Waals surface area contributed by atoms with Gasteiger partial charge in [0.05, 0.1) is 0 Å². The number of halogens is 1. The minimum Gasteiger partial charge on any atom is -0.353 e. The average molecular weight is 378 g/mol. The van der Waals surface area contributed by atoms with E-state index < -0.39 is 15.2 Å². The Bertz CT molecular complexity index is 631. The number of ketones is 1. The Morgan fingerprint density at radius 1 is 1.45 bits per heavy atom. The lowest BCUT2D eigenvalue weighted by Crippen LogP contribution is -2.47. The summed E-state index contributed by atoms with van der Waals surface area (Å²) in [5, 5.41) is -0.569. The molecule has 0 bridgehead atoms. The van der Waals surface area contributed by atoms with Gasteiger partial charge in [-0.1, -0.05) is 15.9 Å². The molecular weight excluding hydrogens is 362 g/mol. The normalized spacial score (nSPS) is 19.9. The van der Waals surface area contributed by atoms with Crippen molar-refractivity contribution in [2.24, 2.45) is 0 Å². The van der Waals surface area contributed by atoms with Crippen LogP contribution in [0.5, 0.6) is 0 Å². The van der Waals surface area contributed by atoms with E-state index in [-0.39, 0.29) is 5.78 Å². The second-order valence-electron chi connectivity index (χ2n) is 4.77. The first-order valence-corrected chi connectivity index (χ1v) is 10.0. The van der Waals surface area contributed by atoms with E-state index in [9.17, 15) is 13.2 Å². The van der Waals surface area contributed by atoms with E-state index >= 15 is 0 Å². The number of thioether (sulfide) groups is 1. The molecule has 20 heavy (non-hydrogen) atoms. The molecule has 1 fully saturated rings. The molecule has 0 saturated carbocycles. The van der Waals surface area contributed by atoms with Gasteiger partial charge in [0.15, 0.2) is 15.6 Å². The zero-order valence-electron chi connectivity index (χ0n) is 11.3. The molecule has 1 aromatic rings. The Labute approximate surface area is 132 Å². The molecule has 0 aliphatic carbocycles. The second-order valence-corrected chi connectivity index (χ2v) is 9.04. The molecule has 1 aliphatic rings. The van der Waals surface area contributed by atoms with Crippen molar-refractivity contribution in [2.45, 2.75) is 12.3 Å². The SMILES string of the molecule is CC(=O)c1cc(Br)ccc1N1CCSCC1S(C)(=O)=O. The fraction of sp³-hybridized carbons (Fsp3) is 0.462. The third kappa shape index (κ3) is 3.38. The molecule has 1 aromatic carbocycles. The smallest absolute Gasteiger partial charge is 0.169 e. The van der Waals surface area contributed by atoms with Crippen LogP contribution >= 0.6 is 27.7 Å². The molecule has 1 saturated heterocycles. The fourth-order valence-corrected chi connectivity index (χ4v) is 5.45. The van der Waals surface area contributed by atoms with Crippen molar-refractivity contribution in [3.8, 4) is 0 Å². The van der Waals surface area contributed by atoms with Crippen LogP contribution in [0.3, 0.4) is 0 Å². The van der Waals surface area contributed by atoms with Crippen molar-refractivity contribution in [1.29, 1.82) is 0 Å². The van der Waals surface area contributed by atoms with Crippen LogP contribution in [-0.4, -0.2) is 43.9 Å². The van der Waals surface area contributed by atoms with Crippen molar-refractivity contribution in [3.63, 3.8) is 0 Å². The number of anilines is 1. The van der Waals surface area contributed by atoms with Crippen LogP contribution in [0.2, 0.25) is 0 Å². The topological polar surface area (TPSA) is 54.5 Å². The molecule has 0 aromatic heterocycles. The van der Waals surface area contributed by atoms with Gasteiger partial charge in [-0.15, -0.1) is 0 Å². The number of benzene rings is 1. The number of nitrogens with zero attached hydrogens (tertiary/aromatic N) is 1. The van der Waals surface area contributed by atoms with Gasteiger partial charge in [-0.05, 0) is 25.1 Å². The van der Waals surface area contributed by atoms with Crippen LogP contribution in [0, 0.1) is 0 Å². The molecule has 0 spiro atoms. The highest BCUT2D eigenvalue weighted by Crippen LogP contribution is 2.31. The van der Waals surface area contributed by atoms with Gasteiger partial charge in [0, 0.05) is 40.0 Å². The highest BCUT2D eigenvalue weighted by Gasteiger charge is 2.32. The molecule has 0 radical (unpaired) electrons. The lowest BCUT2D eigenvalue weighted by atomic mass is 10.1. The fourth-order valence-electron chi connectivity index (χ4n) is 2.25. The average Bonchev–Trinajstić information content (AvgIpc) is 2.37. The molecule has 0 N–H and O–H groups in total. The van der Waals surface area contributed by atoms with Gasteiger partial charge in [-0.25, -0.2) is 8.42 Å². The molecule has 1 heterocycles. The minimum atomic E-state index is -3.19. The Morgan fingerprint density at radius 2 is 2.15 bits per heavy atom. The largest absolute Gasteiger partial charge is 0.353 e. The number of hydrogen-bond donors (Lipinski definition) is 0. The summed E-state index contributed by atoms with van der Waals surface area (Å²) in [6.45, 7) is 2.13. The number of Topliss-reactive ketones (excluding diaryl/α,β-unsaturated/α-hetero) is 1. The molecule has 2 rings (SSSR count). The van der Waals surface area contributed by atoms with Gasteiger partial charge < -0.3 is 4.90 Å². The summed E-state index contributed by atoms with van der Waals surface area (Å²) in [6.07, 6.45) is 1.25. The molecule has 0 amide bonds. The van der Waals surface area contributed by atoms with Gasteiger partial charge in [0.2, 0.25) is 0 Å². The second kappa shape index (κ2) is 6.07.